The monoisotopic (exact) mass is 285 g/mol. The van der Waals surface area contributed by atoms with E-state index in [9.17, 15) is 4.79 Å². The van der Waals surface area contributed by atoms with Gasteiger partial charge >= 0.3 is 5.97 Å². The predicted octanol–water partition coefficient (Wildman–Crippen LogP) is 4.41. The van der Waals surface area contributed by atoms with Crippen LogP contribution in [0.1, 0.15) is 36.6 Å². The van der Waals surface area contributed by atoms with Gasteiger partial charge < -0.3 is 5.11 Å². The number of hydrogen-bond donors (Lipinski definition) is 1. The van der Waals surface area contributed by atoms with Crippen LogP contribution in [0, 0.1) is 11.3 Å². The van der Waals surface area contributed by atoms with Gasteiger partial charge in [0, 0.05) is 9.58 Å². The molecule has 1 aromatic carbocycles. The van der Waals surface area contributed by atoms with E-state index < -0.39 is 5.97 Å². The number of hydrogen-bond acceptors (Lipinski definition) is 3. The summed E-state index contributed by atoms with van der Waals surface area (Å²) in [6, 6.07) is 9.93. The Balaban J connectivity index is 2.44. The number of aliphatic carboxylic acids is 1. The Morgan fingerprint density at radius 3 is 2.85 bits per heavy atom. The van der Waals surface area contributed by atoms with Crippen molar-refractivity contribution in [1.29, 1.82) is 5.26 Å². The average molecular weight is 285 g/mol. The Kier molecular flexibility index (Phi) is 4.21. The molecule has 1 aromatic heterocycles. The number of nitriles is 1. The molecule has 4 heteroatoms. The summed E-state index contributed by atoms with van der Waals surface area (Å²) in [6.45, 7) is 4.34. The maximum atomic E-state index is 10.8. The second-order valence-corrected chi connectivity index (χ2v) is 5.85. The van der Waals surface area contributed by atoms with Crippen molar-refractivity contribution in [3.63, 3.8) is 0 Å². The van der Waals surface area contributed by atoms with Gasteiger partial charge in [0.05, 0.1) is 0 Å². The van der Waals surface area contributed by atoms with Crippen molar-refractivity contribution >= 4 is 33.5 Å². The van der Waals surface area contributed by atoms with Gasteiger partial charge in [0.15, 0.2) is 0 Å². The molecular weight excluding hydrogens is 270 g/mol. The lowest BCUT2D eigenvalue weighted by Crippen LogP contribution is -1.96. The van der Waals surface area contributed by atoms with Crippen LogP contribution in [0.25, 0.3) is 16.2 Å². The third-order valence-corrected chi connectivity index (χ3v) is 4.43. The van der Waals surface area contributed by atoms with Gasteiger partial charge in [-0.1, -0.05) is 26.0 Å². The first kappa shape index (κ1) is 14.3. The van der Waals surface area contributed by atoms with E-state index in [2.05, 4.69) is 32.0 Å². The Bertz CT molecular complexity index is 722. The highest BCUT2D eigenvalue weighted by atomic mass is 32.1. The van der Waals surface area contributed by atoms with Crippen LogP contribution >= 0.6 is 11.3 Å². The summed E-state index contributed by atoms with van der Waals surface area (Å²) in [7, 11) is 0. The summed E-state index contributed by atoms with van der Waals surface area (Å²) in [6.07, 6.45) is 2.51. The number of carboxylic acids is 1. The zero-order valence-electron chi connectivity index (χ0n) is 11.4. The van der Waals surface area contributed by atoms with Gasteiger partial charge in [0.2, 0.25) is 0 Å². The minimum atomic E-state index is -1.19. The zero-order chi connectivity index (χ0) is 14.7. The Morgan fingerprint density at radius 1 is 1.50 bits per heavy atom. The van der Waals surface area contributed by atoms with Gasteiger partial charge in [-0.15, -0.1) is 11.3 Å². The highest BCUT2D eigenvalue weighted by molar-refractivity contribution is 7.19. The van der Waals surface area contributed by atoms with E-state index in [1.54, 1.807) is 6.07 Å². The minimum absolute atomic E-state index is 0.237. The lowest BCUT2D eigenvalue weighted by Gasteiger charge is -2.08. The fraction of sp³-hybridized carbons (Fsp3) is 0.250. The Hall–Kier alpha value is -2.12. The summed E-state index contributed by atoms with van der Waals surface area (Å²) in [4.78, 5) is 11.6. The standard InChI is InChI=1S/C16H15NO2S/c1-3-10(2)11-4-5-12-6-14(20-15(12)8-11)7-13(9-17)16(18)19/h4-8,10H,3H2,1-2H3,(H,18,19)/b13-7+. The van der Waals surface area contributed by atoms with Crippen molar-refractivity contribution in [3.8, 4) is 6.07 Å². The van der Waals surface area contributed by atoms with Crippen molar-refractivity contribution in [2.24, 2.45) is 0 Å². The molecule has 1 atom stereocenters. The summed E-state index contributed by atoms with van der Waals surface area (Å²) in [5.41, 5.74) is 1.05. The van der Waals surface area contributed by atoms with Gasteiger partial charge in [0.25, 0.3) is 0 Å². The molecule has 2 aromatic rings. The topological polar surface area (TPSA) is 61.1 Å². The van der Waals surface area contributed by atoms with Crippen LogP contribution in [-0.2, 0) is 4.79 Å². The molecule has 0 saturated heterocycles. The number of thiophene rings is 1. The fourth-order valence-corrected chi connectivity index (χ4v) is 3.02. The van der Waals surface area contributed by atoms with E-state index in [0.29, 0.717) is 5.92 Å². The number of rotatable bonds is 4. The summed E-state index contributed by atoms with van der Waals surface area (Å²) >= 11 is 1.51. The van der Waals surface area contributed by atoms with Gasteiger partial charge in [-0.05, 0) is 41.5 Å². The second-order valence-electron chi connectivity index (χ2n) is 4.73. The quantitative estimate of drug-likeness (QED) is 0.668. The van der Waals surface area contributed by atoms with E-state index in [1.807, 2.05) is 6.07 Å². The largest absolute Gasteiger partial charge is 0.477 e. The predicted molar refractivity (Wildman–Crippen MR) is 81.8 cm³/mol. The van der Waals surface area contributed by atoms with Crippen LogP contribution in [0.5, 0.6) is 0 Å². The van der Waals surface area contributed by atoms with Gasteiger partial charge in [0.1, 0.15) is 11.6 Å². The Labute approximate surface area is 121 Å². The lowest BCUT2D eigenvalue weighted by molar-refractivity contribution is -0.132. The lowest BCUT2D eigenvalue weighted by atomic mass is 9.98. The molecule has 0 aliphatic carbocycles. The molecule has 0 spiro atoms. The molecule has 0 amide bonds. The number of carbonyl (C=O) groups is 1. The number of carboxylic acid groups (broad SMARTS) is 1. The highest BCUT2D eigenvalue weighted by Crippen LogP contribution is 2.31. The molecule has 0 fully saturated rings. The molecule has 1 heterocycles. The molecule has 0 aliphatic rings. The normalized spacial score (nSPS) is 13.2. The molecular formula is C16H15NO2S. The number of fused-ring (bicyclic) bond motifs is 1. The minimum Gasteiger partial charge on any atom is -0.477 e. The van der Waals surface area contributed by atoms with Crippen molar-refractivity contribution in [1.82, 2.24) is 0 Å². The van der Waals surface area contributed by atoms with Gasteiger partial charge in [-0.2, -0.15) is 5.26 Å². The molecule has 0 aliphatic heterocycles. The average Bonchev–Trinajstić information content (AvgIpc) is 2.84. The number of benzene rings is 1. The molecule has 1 unspecified atom stereocenters. The SMILES string of the molecule is CCC(C)c1ccc2cc(/C=C(\C#N)C(=O)O)sc2c1. The third kappa shape index (κ3) is 2.89. The summed E-state index contributed by atoms with van der Waals surface area (Å²) < 4.78 is 1.12. The highest BCUT2D eigenvalue weighted by Gasteiger charge is 2.09. The first-order valence-electron chi connectivity index (χ1n) is 6.43. The van der Waals surface area contributed by atoms with Crippen LogP contribution in [0.4, 0.5) is 0 Å². The van der Waals surface area contributed by atoms with E-state index in [4.69, 9.17) is 10.4 Å². The van der Waals surface area contributed by atoms with Crippen molar-refractivity contribution in [2.75, 3.05) is 0 Å². The van der Waals surface area contributed by atoms with Crippen LogP contribution in [-0.4, -0.2) is 11.1 Å². The molecule has 20 heavy (non-hydrogen) atoms. The van der Waals surface area contributed by atoms with Crippen molar-refractivity contribution in [2.45, 2.75) is 26.2 Å². The fourth-order valence-electron chi connectivity index (χ4n) is 1.97. The molecule has 0 radical (unpaired) electrons. The van der Waals surface area contributed by atoms with Crippen LogP contribution < -0.4 is 0 Å². The van der Waals surface area contributed by atoms with Gasteiger partial charge in [-0.3, -0.25) is 0 Å². The molecule has 1 N–H and O–H groups in total. The van der Waals surface area contributed by atoms with E-state index in [0.717, 1.165) is 21.4 Å². The maximum Gasteiger partial charge on any atom is 0.346 e. The Morgan fingerprint density at radius 2 is 2.25 bits per heavy atom. The zero-order valence-corrected chi connectivity index (χ0v) is 12.2. The van der Waals surface area contributed by atoms with Crippen LogP contribution in [0.15, 0.2) is 29.8 Å². The van der Waals surface area contributed by atoms with E-state index >= 15 is 0 Å². The molecule has 2 rings (SSSR count). The summed E-state index contributed by atoms with van der Waals surface area (Å²) in [5, 5.41) is 18.7. The van der Waals surface area contributed by atoms with Crippen LogP contribution in [0.2, 0.25) is 0 Å². The van der Waals surface area contributed by atoms with Crippen molar-refractivity contribution in [3.05, 3.63) is 40.3 Å². The molecule has 0 bridgehead atoms. The molecule has 102 valence electrons. The smallest absolute Gasteiger partial charge is 0.346 e. The first-order chi connectivity index (χ1) is 9.55. The van der Waals surface area contributed by atoms with Crippen molar-refractivity contribution < 1.29 is 9.90 Å². The molecule has 0 saturated carbocycles. The third-order valence-electron chi connectivity index (χ3n) is 3.38. The van der Waals surface area contributed by atoms with E-state index in [1.165, 1.54) is 23.0 Å². The molecule has 3 nitrogen and oxygen atoms in total. The first-order valence-corrected chi connectivity index (χ1v) is 7.25. The summed E-state index contributed by atoms with van der Waals surface area (Å²) in [5.74, 6) is -0.681. The van der Waals surface area contributed by atoms with E-state index in [-0.39, 0.29) is 5.57 Å². The van der Waals surface area contributed by atoms with Gasteiger partial charge in [-0.25, -0.2) is 4.79 Å². The van der Waals surface area contributed by atoms with Crippen LogP contribution in [0.3, 0.4) is 0 Å². The second kappa shape index (κ2) is 5.89. The number of nitrogens with zero attached hydrogens (tertiary/aromatic N) is 1. The maximum absolute atomic E-state index is 10.8.